The highest BCUT2D eigenvalue weighted by molar-refractivity contribution is 6.32. The van der Waals surface area contributed by atoms with Crippen LogP contribution in [0.4, 0.5) is 5.69 Å². The third-order valence-electron chi connectivity index (χ3n) is 3.23. The Balaban J connectivity index is 2.18. The Labute approximate surface area is 120 Å². The Morgan fingerprint density at radius 1 is 1.60 bits per heavy atom. The molecule has 1 aromatic carbocycles. The summed E-state index contributed by atoms with van der Waals surface area (Å²) >= 11 is 5.75. The number of nitrogens with one attached hydrogen (secondary N) is 1. The zero-order valence-electron chi connectivity index (χ0n) is 10.6. The van der Waals surface area contributed by atoms with E-state index in [1.165, 1.54) is 12.1 Å². The molecule has 1 aliphatic rings. The average Bonchev–Trinajstić information content (AvgIpc) is 2.41. The SMILES string of the molecule is O=C(O)C1CNCCN1Cc1ccc(Cl)c([N+](=O)[O-])c1. The van der Waals surface area contributed by atoms with Crippen molar-refractivity contribution in [1.29, 1.82) is 0 Å². The summed E-state index contributed by atoms with van der Waals surface area (Å²) in [7, 11) is 0. The van der Waals surface area contributed by atoms with E-state index in [9.17, 15) is 14.9 Å². The van der Waals surface area contributed by atoms with Crippen LogP contribution >= 0.6 is 11.6 Å². The molecule has 1 saturated heterocycles. The number of piperazine rings is 1. The van der Waals surface area contributed by atoms with E-state index >= 15 is 0 Å². The predicted octanol–water partition coefficient (Wildman–Crippen LogP) is 1.11. The molecule has 1 unspecified atom stereocenters. The number of aliphatic carboxylic acids is 1. The number of carboxylic acids is 1. The molecule has 0 radical (unpaired) electrons. The predicted molar refractivity (Wildman–Crippen MR) is 72.8 cm³/mol. The van der Waals surface area contributed by atoms with Gasteiger partial charge in [0.2, 0.25) is 0 Å². The lowest BCUT2D eigenvalue weighted by molar-refractivity contribution is -0.384. The summed E-state index contributed by atoms with van der Waals surface area (Å²) in [6.45, 7) is 1.98. The summed E-state index contributed by atoms with van der Waals surface area (Å²) < 4.78 is 0. The van der Waals surface area contributed by atoms with Crippen LogP contribution in [0.2, 0.25) is 5.02 Å². The van der Waals surface area contributed by atoms with Gasteiger partial charge in [-0.05, 0) is 11.6 Å². The van der Waals surface area contributed by atoms with E-state index in [-0.39, 0.29) is 10.7 Å². The summed E-state index contributed by atoms with van der Waals surface area (Å²) in [6, 6.07) is 3.91. The first kappa shape index (κ1) is 14.7. The van der Waals surface area contributed by atoms with Gasteiger partial charge in [-0.15, -0.1) is 0 Å². The molecule has 1 aliphatic heterocycles. The molecule has 2 N–H and O–H groups in total. The second-order valence-electron chi connectivity index (χ2n) is 4.57. The fourth-order valence-corrected chi connectivity index (χ4v) is 2.40. The maximum absolute atomic E-state index is 11.2. The second kappa shape index (κ2) is 6.17. The first-order valence-electron chi connectivity index (χ1n) is 6.09. The Bertz CT molecular complexity index is 537. The van der Waals surface area contributed by atoms with Gasteiger partial charge >= 0.3 is 5.97 Å². The van der Waals surface area contributed by atoms with Gasteiger partial charge < -0.3 is 10.4 Å². The van der Waals surface area contributed by atoms with E-state index in [0.29, 0.717) is 31.7 Å². The molecular weight excluding hydrogens is 286 g/mol. The van der Waals surface area contributed by atoms with Crippen molar-refractivity contribution in [2.75, 3.05) is 19.6 Å². The third-order valence-corrected chi connectivity index (χ3v) is 3.55. The number of benzene rings is 1. The van der Waals surface area contributed by atoms with Crippen molar-refractivity contribution < 1.29 is 14.8 Å². The molecule has 1 fully saturated rings. The van der Waals surface area contributed by atoms with Crippen LogP contribution in [0.5, 0.6) is 0 Å². The normalized spacial score (nSPS) is 19.8. The van der Waals surface area contributed by atoms with Gasteiger partial charge in [0.1, 0.15) is 11.1 Å². The summed E-state index contributed by atoms with van der Waals surface area (Å²) in [5.74, 6) is -0.902. The van der Waals surface area contributed by atoms with E-state index in [1.807, 2.05) is 0 Å². The number of nitro groups is 1. The fraction of sp³-hybridized carbons (Fsp3) is 0.417. The van der Waals surface area contributed by atoms with Crippen LogP contribution in [0.1, 0.15) is 5.56 Å². The van der Waals surface area contributed by atoms with Crippen LogP contribution in [0.3, 0.4) is 0 Å². The number of carboxylic acid groups (broad SMARTS) is 1. The molecule has 0 saturated carbocycles. The minimum absolute atomic E-state index is 0.0776. The van der Waals surface area contributed by atoms with Crippen molar-refractivity contribution >= 4 is 23.3 Å². The lowest BCUT2D eigenvalue weighted by Gasteiger charge is -2.33. The topological polar surface area (TPSA) is 95.7 Å². The molecule has 0 spiro atoms. The zero-order chi connectivity index (χ0) is 14.7. The maximum Gasteiger partial charge on any atom is 0.322 e. The summed E-state index contributed by atoms with van der Waals surface area (Å²) in [6.07, 6.45) is 0. The van der Waals surface area contributed by atoms with Crippen LogP contribution in [-0.4, -0.2) is 46.6 Å². The molecular formula is C12H14ClN3O4. The zero-order valence-corrected chi connectivity index (χ0v) is 11.3. The smallest absolute Gasteiger partial charge is 0.322 e. The van der Waals surface area contributed by atoms with Crippen molar-refractivity contribution in [3.05, 3.63) is 38.9 Å². The van der Waals surface area contributed by atoms with Crippen molar-refractivity contribution in [2.24, 2.45) is 0 Å². The Hall–Kier alpha value is -1.70. The van der Waals surface area contributed by atoms with Gasteiger partial charge in [0.25, 0.3) is 5.69 Å². The van der Waals surface area contributed by atoms with Crippen LogP contribution in [0.25, 0.3) is 0 Å². The van der Waals surface area contributed by atoms with Gasteiger partial charge in [-0.3, -0.25) is 19.8 Å². The molecule has 2 rings (SSSR count). The average molecular weight is 300 g/mol. The molecule has 1 aromatic rings. The minimum Gasteiger partial charge on any atom is -0.480 e. The van der Waals surface area contributed by atoms with Crippen LogP contribution in [0.15, 0.2) is 18.2 Å². The number of hydrogen-bond acceptors (Lipinski definition) is 5. The quantitative estimate of drug-likeness (QED) is 0.638. The number of rotatable bonds is 4. The van der Waals surface area contributed by atoms with E-state index in [0.717, 1.165) is 0 Å². The van der Waals surface area contributed by atoms with Gasteiger partial charge in [0, 0.05) is 32.2 Å². The van der Waals surface area contributed by atoms with Gasteiger partial charge in [0.05, 0.1) is 4.92 Å². The van der Waals surface area contributed by atoms with Crippen LogP contribution in [-0.2, 0) is 11.3 Å². The van der Waals surface area contributed by atoms with E-state index in [4.69, 9.17) is 16.7 Å². The summed E-state index contributed by atoms with van der Waals surface area (Å²) in [5, 5.41) is 23.1. The summed E-state index contributed by atoms with van der Waals surface area (Å²) in [4.78, 5) is 23.3. The minimum atomic E-state index is -0.902. The first-order chi connectivity index (χ1) is 9.49. The standard InChI is InChI=1S/C12H14ClN3O4/c13-9-2-1-8(5-10(9)16(19)20)7-15-4-3-14-6-11(15)12(17)18/h1-2,5,11,14H,3-4,6-7H2,(H,17,18). The molecule has 8 heteroatoms. The number of nitro benzene ring substituents is 1. The van der Waals surface area contributed by atoms with Gasteiger partial charge in [-0.25, -0.2) is 0 Å². The number of nitrogens with zero attached hydrogens (tertiary/aromatic N) is 2. The van der Waals surface area contributed by atoms with Crippen molar-refractivity contribution in [3.63, 3.8) is 0 Å². The highest BCUT2D eigenvalue weighted by Crippen LogP contribution is 2.26. The second-order valence-corrected chi connectivity index (χ2v) is 4.98. The van der Waals surface area contributed by atoms with Crippen molar-refractivity contribution in [2.45, 2.75) is 12.6 Å². The molecule has 20 heavy (non-hydrogen) atoms. The maximum atomic E-state index is 11.2. The molecule has 0 aromatic heterocycles. The molecule has 108 valence electrons. The summed E-state index contributed by atoms with van der Waals surface area (Å²) in [5.41, 5.74) is 0.514. The molecule has 1 atom stereocenters. The Morgan fingerprint density at radius 2 is 2.35 bits per heavy atom. The Kier molecular flexibility index (Phi) is 4.53. The van der Waals surface area contributed by atoms with Gasteiger partial charge in [-0.1, -0.05) is 17.7 Å². The van der Waals surface area contributed by atoms with Gasteiger partial charge in [-0.2, -0.15) is 0 Å². The molecule has 1 heterocycles. The van der Waals surface area contributed by atoms with E-state index in [2.05, 4.69) is 5.32 Å². The highest BCUT2D eigenvalue weighted by Gasteiger charge is 2.28. The highest BCUT2D eigenvalue weighted by atomic mass is 35.5. The molecule has 0 bridgehead atoms. The lowest BCUT2D eigenvalue weighted by atomic mass is 10.1. The molecule has 0 aliphatic carbocycles. The van der Waals surface area contributed by atoms with Crippen molar-refractivity contribution in [1.82, 2.24) is 10.2 Å². The first-order valence-corrected chi connectivity index (χ1v) is 6.47. The van der Waals surface area contributed by atoms with Crippen LogP contribution in [0, 0.1) is 10.1 Å². The number of halogens is 1. The van der Waals surface area contributed by atoms with E-state index in [1.54, 1.807) is 11.0 Å². The number of carbonyl (C=O) groups is 1. The third kappa shape index (κ3) is 3.24. The lowest BCUT2D eigenvalue weighted by Crippen LogP contribution is -2.54. The molecule has 0 amide bonds. The van der Waals surface area contributed by atoms with Crippen molar-refractivity contribution in [3.8, 4) is 0 Å². The van der Waals surface area contributed by atoms with Gasteiger partial charge in [0.15, 0.2) is 0 Å². The monoisotopic (exact) mass is 299 g/mol. The fourth-order valence-electron chi connectivity index (χ4n) is 2.21. The largest absolute Gasteiger partial charge is 0.480 e. The Morgan fingerprint density at radius 3 is 3.00 bits per heavy atom. The number of hydrogen-bond donors (Lipinski definition) is 2. The van der Waals surface area contributed by atoms with Crippen LogP contribution < -0.4 is 5.32 Å². The van der Waals surface area contributed by atoms with E-state index < -0.39 is 16.9 Å². The molecule has 7 nitrogen and oxygen atoms in total.